The molecule has 0 unspecified atom stereocenters. The number of rotatable bonds is 3. The van der Waals surface area contributed by atoms with Crippen LogP contribution in [0.1, 0.15) is 0 Å². The predicted molar refractivity (Wildman–Crippen MR) is 82.0 cm³/mol. The molecular formula is C17H14OTe. The molecule has 94 valence electrons. The van der Waals surface area contributed by atoms with E-state index in [2.05, 4.69) is 54.6 Å². The summed E-state index contributed by atoms with van der Waals surface area (Å²) in [5, 5.41) is 2.72. The maximum absolute atomic E-state index is 5.20. The van der Waals surface area contributed by atoms with Gasteiger partial charge in [0.05, 0.1) is 0 Å². The Morgan fingerprint density at radius 3 is 2.32 bits per heavy atom. The minimum atomic E-state index is -0.347. The van der Waals surface area contributed by atoms with Gasteiger partial charge in [0.2, 0.25) is 0 Å². The third-order valence-corrected chi connectivity index (χ3v) is 6.13. The third kappa shape index (κ3) is 2.76. The summed E-state index contributed by atoms with van der Waals surface area (Å²) in [6, 6.07) is 23.7. The summed E-state index contributed by atoms with van der Waals surface area (Å²) in [4.78, 5) is 0. The van der Waals surface area contributed by atoms with E-state index in [1.165, 1.54) is 18.0 Å². The number of benzene rings is 3. The van der Waals surface area contributed by atoms with Crippen molar-refractivity contribution in [2.45, 2.75) is 0 Å². The first kappa shape index (κ1) is 12.5. The second-order valence-electron chi connectivity index (χ2n) is 4.25. The molecule has 0 aliphatic heterocycles. The van der Waals surface area contributed by atoms with Gasteiger partial charge in [0.1, 0.15) is 0 Å². The molecule has 0 aliphatic carbocycles. The van der Waals surface area contributed by atoms with Gasteiger partial charge in [-0.15, -0.1) is 0 Å². The van der Waals surface area contributed by atoms with Crippen LogP contribution in [0.3, 0.4) is 0 Å². The fraction of sp³-hybridized carbons (Fsp3) is 0.0588. The monoisotopic (exact) mass is 364 g/mol. The topological polar surface area (TPSA) is 9.23 Å². The SMILES string of the molecule is COc1ccc([Te]c2cccc3ccccc23)cc1. The molecule has 3 aromatic rings. The summed E-state index contributed by atoms with van der Waals surface area (Å²) in [5.74, 6) is 0.925. The van der Waals surface area contributed by atoms with Crippen LogP contribution < -0.4 is 12.0 Å². The average molecular weight is 362 g/mol. The van der Waals surface area contributed by atoms with Crippen molar-refractivity contribution in [3.05, 3.63) is 66.7 Å². The first-order valence-electron chi connectivity index (χ1n) is 6.16. The molecule has 1 nitrogen and oxygen atoms in total. The summed E-state index contributed by atoms with van der Waals surface area (Å²) >= 11 is -0.347. The Labute approximate surface area is 123 Å². The molecule has 2 heteroatoms. The summed E-state index contributed by atoms with van der Waals surface area (Å²) in [7, 11) is 1.70. The Bertz CT molecular complexity index is 684. The van der Waals surface area contributed by atoms with Gasteiger partial charge in [-0.25, -0.2) is 0 Å². The van der Waals surface area contributed by atoms with E-state index in [1.807, 2.05) is 12.1 Å². The van der Waals surface area contributed by atoms with E-state index < -0.39 is 0 Å². The molecule has 19 heavy (non-hydrogen) atoms. The molecule has 0 saturated carbocycles. The number of hydrogen-bond acceptors (Lipinski definition) is 1. The van der Waals surface area contributed by atoms with E-state index in [0.29, 0.717) is 0 Å². The van der Waals surface area contributed by atoms with Gasteiger partial charge in [-0.2, -0.15) is 0 Å². The molecule has 0 saturated heterocycles. The zero-order chi connectivity index (χ0) is 13.1. The van der Waals surface area contributed by atoms with Crippen molar-refractivity contribution < 1.29 is 4.74 Å². The zero-order valence-electron chi connectivity index (χ0n) is 10.7. The van der Waals surface area contributed by atoms with Crippen LogP contribution in [0.5, 0.6) is 5.75 Å². The van der Waals surface area contributed by atoms with Gasteiger partial charge in [0.25, 0.3) is 0 Å². The Balaban J connectivity index is 1.96. The second kappa shape index (κ2) is 5.65. The van der Waals surface area contributed by atoms with Gasteiger partial charge in [-0.3, -0.25) is 0 Å². The Morgan fingerprint density at radius 2 is 1.53 bits per heavy atom. The van der Waals surface area contributed by atoms with Crippen LogP contribution >= 0.6 is 0 Å². The van der Waals surface area contributed by atoms with E-state index >= 15 is 0 Å². The normalized spacial score (nSPS) is 10.6. The van der Waals surface area contributed by atoms with Crippen molar-refractivity contribution in [1.82, 2.24) is 0 Å². The summed E-state index contributed by atoms with van der Waals surface area (Å²) < 4.78 is 8.13. The van der Waals surface area contributed by atoms with E-state index in [4.69, 9.17) is 4.74 Å². The van der Waals surface area contributed by atoms with Crippen LogP contribution in [0.4, 0.5) is 0 Å². The van der Waals surface area contributed by atoms with Crippen LogP contribution in [0, 0.1) is 0 Å². The van der Waals surface area contributed by atoms with E-state index in [9.17, 15) is 0 Å². The van der Waals surface area contributed by atoms with Crippen molar-refractivity contribution in [2.24, 2.45) is 0 Å². The number of methoxy groups -OCH3 is 1. The fourth-order valence-electron chi connectivity index (χ4n) is 2.06. The summed E-state index contributed by atoms with van der Waals surface area (Å²) in [5.41, 5.74) is 0. The summed E-state index contributed by atoms with van der Waals surface area (Å²) in [6.45, 7) is 0. The molecular weight excluding hydrogens is 348 g/mol. The van der Waals surface area contributed by atoms with Crippen molar-refractivity contribution in [3.8, 4) is 5.75 Å². The fourth-order valence-corrected chi connectivity index (χ4v) is 4.82. The van der Waals surface area contributed by atoms with Crippen LogP contribution in [0.25, 0.3) is 10.8 Å². The first-order chi connectivity index (χ1) is 9.36. The Hall–Kier alpha value is -1.49. The molecule has 0 heterocycles. The van der Waals surface area contributed by atoms with E-state index in [-0.39, 0.29) is 20.9 Å². The molecule has 0 fully saturated rings. The molecule has 0 aliphatic rings. The second-order valence-corrected chi connectivity index (χ2v) is 7.44. The molecule has 0 atom stereocenters. The maximum atomic E-state index is 5.20. The van der Waals surface area contributed by atoms with Gasteiger partial charge in [0.15, 0.2) is 0 Å². The molecule has 0 spiro atoms. The molecule has 0 amide bonds. The van der Waals surface area contributed by atoms with Crippen LogP contribution in [-0.4, -0.2) is 28.0 Å². The van der Waals surface area contributed by atoms with E-state index in [1.54, 1.807) is 7.11 Å². The van der Waals surface area contributed by atoms with Gasteiger partial charge < -0.3 is 0 Å². The first-order valence-corrected chi connectivity index (χ1v) is 8.49. The summed E-state index contributed by atoms with van der Waals surface area (Å²) in [6.07, 6.45) is 0. The Kier molecular flexibility index (Phi) is 3.73. The molecule has 0 radical (unpaired) electrons. The molecule has 0 aromatic heterocycles. The molecule has 3 rings (SSSR count). The zero-order valence-corrected chi connectivity index (χ0v) is 13.0. The standard InChI is InChI=1S/C17H14OTe/c1-18-14-9-11-15(12-10-14)19-17-8-4-6-13-5-2-3-7-16(13)17/h2-12H,1H3. The predicted octanol–water partition coefficient (Wildman–Crippen LogP) is 2.50. The van der Waals surface area contributed by atoms with Gasteiger partial charge in [-0.1, -0.05) is 0 Å². The van der Waals surface area contributed by atoms with Crippen molar-refractivity contribution in [2.75, 3.05) is 7.11 Å². The average Bonchev–Trinajstić information content (AvgIpc) is 2.48. The van der Waals surface area contributed by atoms with Crippen molar-refractivity contribution in [1.29, 1.82) is 0 Å². The van der Waals surface area contributed by atoms with Gasteiger partial charge >= 0.3 is 123 Å². The number of ether oxygens (including phenoxy) is 1. The Morgan fingerprint density at radius 1 is 0.789 bits per heavy atom. The van der Waals surface area contributed by atoms with Crippen molar-refractivity contribution >= 4 is 38.9 Å². The number of hydrogen-bond donors (Lipinski definition) is 0. The quantitative estimate of drug-likeness (QED) is 0.651. The van der Waals surface area contributed by atoms with Crippen LogP contribution in [-0.2, 0) is 0 Å². The van der Waals surface area contributed by atoms with Crippen molar-refractivity contribution in [3.63, 3.8) is 0 Å². The molecule has 0 bridgehead atoms. The molecule has 0 N–H and O–H groups in total. The third-order valence-electron chi connectivity index (χ3n) is 3.04. The minimum absolute atomic E-state index is 0.347. The van der Waals surface area contributed by atoms with E-state index in [0.717, 1.165) is 5.75 Å². The van der Waals surface area contributed by atoms with Gasteiger partial charge in [-0.05, 0) is 0 Å². The van der Waals surface area contributed by atoms with Crippen LogP contribution in [0.2, 0.25) is 0 Å². The van der Waals surface area contributed by atoms with Gasteiger partial charge in [0, 0.05) is 0 Å². The molecule has 3 aromatic carbocycles. The van der Waals surface area contributed by atoms with Crippen LogP contribution in [0.15, 0.2) is 66.7 Å². The number of fused-ring (bicyclic) bond motifs is 1.